The highest BCUT2D eigenvalue weighted by molar-refractivity contribution is 8.00. The summed E-state index contributed by atoms with van der Waals surface area (Å²) in [6, 6.07) is 0. The van der Waals surface area contributed by atoms with Gasteiger partial charge in [-0.05, 0) is 26.0 Å². The van der Waals surface area contributed by atoms with Crippen LogP contribution >= 0.6 is 11.8 Å². The van der Waals surface area contributed by atoms with Gasteiger partial charge in [-0.1, -0.05) is 5.16 Å². The summed E-state index contributed by atoms with van der Waals surface area (Å²) in [6.07, 6.45) is 1.58. The molecule has 0 radical (unpaired) electrons. The Morgan fingerprint density at radius 2 is 2.10 bits per heavy atom. The molecule has 9 nitrogen and oxygen atoms in total. The van der Waals surface area contributed by atoms with Crippen LogP contribution in [0.3, 0.4) is 0 Å². The molecule has 122 valence electrons. The second-order valence-corrected chi connectivity index (χ2v) is 7.27. The number of amidine groups is 1. The third-order valence-corrected chi connectivity index (χ3v) is 6.19. The van der Waals surface area contributed by atoms with Gasteiger partial charge in [-0.2, -0.15) is 24.5 Å². The molecule has 1 rings (SSSR count). The summed E-state index contributed by atoms with van der Waals surface area (Å²) in [7, 11) is -3.94. The van der Waals surface area contributed by atoms with Crippen LogP contribution in [0.2, 0.25) is 0 Å². The SMILES string of the molecule is CCOC(=O)NS(=O)(=O)N1CCC(SC)(C(N)=NO)CC1. The third-order valence-electron chi connectivity index (χ3n) is 3.32. The van der Waals surface area contributed by atoms with Gasteiger partial charge in [-0.25, -0.2) is 9.52 Å². The fourth-order valence-electron chi connectivity index (χ4n) is 2.07. The number of nitrogens with one attached hydrogen (secondary N) is 1. The van der Waals surface area contributed by atoms with Crippen molar-refractivity contribution in [2.24, 2.45) is 10.9 Å². The lowest BCUT2D eigenvalue weighted by atomic mass is 9.96. The second kappa shape index (κ2) is 7.18. The lowest BCUT2D eigenvalue weighted by Crippen LogP contribution is -2.54. The maximum Gasteiger partial charge on any atom is 0.421 e. The van der Waals surface area contributed by atoms with E-state index >= 15 is 0 Å². The Bertz CT molecular complexity index is 500. The zero-order valence-corrected chi connectivity index (χ0v) is 13.5. The van der Waals surface area contributed by atoms with E-state index in [0.29, 0.717) is 12.8 Å². The van der Waals surface area contributed by atoms with Gasteiger partial charge in [0, 0.05) is 13.1 Å². The second-order valence-electron chi connectivity index (χ2n) is 4.41. The van der Waals surface area contributed by atoms with Gasteiger partial charge in [-0.3, -0.25) is 0 Å². The molecule has 0 bridgehead atoms. The van der Waals surface area contributed by atoms with E-state index in [9.17, 15) is 13.2 Å². The summed E-state index contributed by atoms with van der Waals surface area (Å²) < 4.78 is 31.0. The number of hydrogen-bond acceptors (Lipinski definition) is 7. The normalized spacial score (nSPS) is 20.0. The molecule has 1 heterocycles. The number of carbonyl (C=O) groups excluding carboxylic acids is 1. The van der Waals surface area contributed by atoms with Crippen molar-refractivity contribution < 1.29 is 23.2 Å². The van der Waals surface area contributed by atoms with Gasteiger partial charge >= 0.3 is 16.3 Å². The predicted molar refractivity (Wildman–Crippen MR) is 79.5 cm³/mol. The molecule has 1 saturated heterocycles. The minimum absolute atomic E-state index is 0.0744. The van der Waals surface area contributed by atoms with Crippen molar-refractivity contribution in [2.75, 3.05) is 26.0 Å². The molecule has 1 aliphatic rings. The van der Waals surface area contributed by atoms with E-state index in [2.05, 4.69) is 9.89 Å². The van der Waals surface area contributed by atoms with Gasteiger partial charge < -0.3 is 15.7 Å². The van der Waals surface area contributed by atoms with Crippen molar-refractivity contribution in [3.63, 3.8) is 0 Å². The fourth-order valence-corrected chi connectivity index (χ4v) is 3.98. The number of rotatable bonds is 5. The fraction of sp³-hybridized carbons (Fsp3) is 0.800. The molecule has 0 atom stereocenters. The van der Waals surface area contributed by atoms with Crippen LogP contribution in [0.25, 0.3) is 0 Å². The van der Waals surface area contributed by atoms with Gasteiger partial charge in [0.15, 0.2) is 5.84 Å². The van der Waals surface area contributed by atoms with E-state index in [1.807, 2.05) is 11.0 Å². The average molecular weight is 340 g/mol. The molecule has 1 amide bonds. The minimum atomic E-state index is -3.94. The van der Waals surface area contributed by atoms with Crippen molar-refractivity contribution in [3.8, 4) is 0 Å². The van der Waals surface area contributed by atoms with E-state index < -0.39 is 21.0 Å². The first kappa shape index (κ1) is 17.9. The van der Waals surface area contributed by atoms with Crippen molar-refractivity contribution in [2.45, 2.75) is 24.5 Å². The van der Waals surface area contributed by atoms with E-state index in [4.69, 9.17) is 10.9 Å². The van der Waals surface area contributed by atoms with Crippen LogP contribution in [0, 0.1) is 0 Å². The molecule has 0 spiro atoms. The smallest absolute Gasteiger partial charge is 0.421 e. The quantitative estimate of drug-likeness (QED) is 0.276. The van der Waals surface area contributed by atoms with E-state index in [-0.39, 0.29) is 25.5 Å². The number of hydrogen-bond donors (Lipinski definition) is 3. The molecule has 0 aromatic carbocycles. The number of nitrogens with two attached hydrogens (primary N) is 1. The van der Waals surface area contributed by atoms with Crippen LogP contribution in [0.1, 0.15) is 19.8 Å². The molecule has 0 saturated carbocycles. The lowest BCUT2D eigenvalue weighted by Gasteiger charge is -2.38. The standard InChI is InChI=1S/C10H20N4O5S2/c1-3-19-9(15)13-21(17,18)14-6-4-10(20-2,5-7-14)8(11)12-16/h16H,3-7H2,1-2H3,(H2,11,12)(H,13,15). The first-order valence-electron chi connectivity index (χ1n) is 6.29. The molecular weight excluding hydrogens is 320 g/mol. The Balaban J connectivity index is 2.73. The first-order valence-corrected chi connectivity index (χ1v) is 8.95. The Kier molecular flexibility index (Phi) is 6.10. The number of thioether (sulfide) groups is 1. The number of oxime groups is 1. The monoisotopic (exact) mass is 340 g/mol. The Labute approximate surface area is 128 Å². The maximum atomic E-state index is 12.0. The van der Waals surface area contributed by atoms with Crippen LogP contribution in [-0.2, 0) is 14.9 Å². The molecule has 11 heteroatoms. The van der Waals surface area contributed by atoms with Gasteiger partial charge in [0.2, 0.25) is 0 Å². The number of nitrogens with zero attached hydrogens (tertiary/aromatic N) is 2. The first-order chi connectivity index (χ1) is 9.81. The molecule has 1 fully saturated rings. The van der Waals surface area contributed by atoms with E-state index in [0.717, 1.165) is 4.31 Å². The average Bonchev–Trinajstić information content (AvgIpc) is 2.46. The summed E-state index contributed by atoms with van der Waals surface area (Å²) in [4.78, 5) is 11.2. The van der Waals surface area contributed by atoms with Crippen LogP contribution in [0.4, 0.5) is 4.79 Å². The van der Waals surface area contributed by atoms with Crippen molar-refractivity contribution in [1.82, 2.24) is 9.03 Å². The number of ether oxygens (including phenoxy) is 1. The van der Waals surface area contributed by atoms with E-state index in [1.165, 1.54) is 11.8 Å². The van der Waals surface area contributed by atoms with Crippen LogP contribution < -0.4 is 10.5 Å². The highest BCUT2D eigenvalue weighted by Gasteiger charge is 2.41. The van der Waals surface area contributed by atoms with Crippen LogP contribution in [-0.4, -0.2) is 60.6 Å². The zero-order valence-electron chi connectivity index (χ0n) is 11.9. The van der Waals surface area contributed by atoms with Crippen molar-refractivity contribution >= 4 is 33.9 Å². The topological polar surface area (TPSA) is 134 Å². The molecule has 21 heavy (non-hydrogen) atoms. The van der Waals surface area contributed by atoms with Gasteiger partial charge in [0.1, 0.15) is 0 Å². The molecular formula is C10H20N4O5S2. The summed E-state index contributed by atoms with van der Waals surface area (Å²) in [5, 5.41) is 11.9. The summed E-state index contributed by atoms with van der Waals surface area (Å²) in [6.45, 7) is 1.98. The number of amides is 1. The van der Waals surface area contributed by atoms with Gasteiger partial charge in [0.05, 0.1) is 11.4 Å². The third kappa shape index (κ3) is 4.14. The van der Waals surface area contributed by atoms with Crippen molar-refractivity contribution in [1.29, 1.82) is 0 Å². The lowest BCUT2D eigenvalue weighted by molar-refractivity contribution is 0.157. The Morgan fingerprint density at radius 3 is 2.52 bits per heavy atom. The highest BCUT2D eigenvalue weighted by Crippen LogP contribution is 2.35. The Hall–Kier alpha value is -1.20. The van der Waals surface area contributed by atoms with Crippen LogP contribution in [0.5, 0.6) is 0 Å². The minimum Gasteiger partial charge on any atom is -0.449 e. The molecule has 1 aliphatic heterocycles. The maximum absolute atomic E-state index is 12.0. The molecule has 0 unspecified atom stereocenters. The van der Waals surface area contributed by atoms with E-state index in [1.54, 1.807) is 6.92 Å². The number of carbonyl (C=O) groups is 1. The van der Waals surface area contributed by atoms with Crippen molar-refractivity contribution in [3.05, 3.63) is 0 Å². The molecule has 4 N–H and O–H groups in total. The molecule has 0 aliphatic carbocycles. The van der Waals surface area contributed by atoms with Crippen LogP contribution in [0.15, 0.2) is 5.16 Å². The summed E-state index contributed by atoms with van der Waals surface area (Å²) in [5.74, 6) is 0.0744. The Morgan fingerprint density at radius 1 is 1.52 bits per heavy atom. The zero-order chi connectivity index (χ0) is 16.1. The summed E-state index contributed by atoms with van der Waals surface area (Å²) >= 11 is 1.41. The van der Waals surface area contributed by atoms with Gasteiger partial charge in [0.25, 0.3) is 0 Å². The number of piperidine rings is 1. The van der Waals surface area contributed by atoms with Gasteiger partial charge in [-0.15, -0.1) is 0 Å². The molecule has 0 aromatic heterocycles. The molecule has 0 aromatic rings. The highest BCUT2D eigenvalue weighted by atomic mass is 32.2. The predicted octanol–water partition coefficient (Wildman–Crippen LogP) is -0.0787. The largest absolute Gasteiger partial charge is 0.449 e. The summed E-state index contributed by atoms with van der Waals surface area (Å²) in [5.41, 5.74) is 5.69.